The Kier molecular flexibility index (Phi) is 3.00. The van der Waals surface area contributed by atoms with Crippen molar-refractivity contribution in [1.82, 2.24) is 15.1 Å². The van der Waals surface area contributed by atoms with Crippen LogP contribution in [0.2, 0.25) is 0 Å². The highest BCUT2D eigenvalue weighted by molar-refractivity contribution is 9.10. The molecule has 3 rings (SSSR count). The van der Waals surface area contributed by atoms with E-state index in [2.05, 4.69) is 31.1 Å². The third-order valence-corrected chi connectivity index (χ3v) is 3.21. The Morgan fingerprint density at radius 1 is 1.16 bits per heavy atom. The molecule has 0 spiro atoms. The maximum absolute atomic E-state index is 9.64. The van der Waals surface area contributed by atoms with Crippen LogP contribution in [0.4, 0.5) is 0 Å². The summed E-state index contributed by atoms with van der Waals surface area (Å²) in [5.74, 6) is 0.936. The monoisotopic (exact) mass is 317 g/mol. The first-order chi connectivity index (χ1) is 9.24. The Labute approximate surface area is 117 Å². The molecule has 0 aliphatic carbocycles. The normalized spacial score (nSPS) is 10.6. The molecular formula is C13H8BrN3O2. The molecule has 0 aliphatic rings. The third-order valence-electron chi connectivity index (χ3n) is 2.54. The van der Waals surface area contributed by atoms with Crippen molar-refractivity contribution in [1.29, 1.82) is 0 Å². The second-order valence-electron chi connectivity index (χ2n) is 3.83. The van der Waals surface area contributed by atoms with Crippen LogP contribution >= 0.6 is 15.9 Å². The summed E-state index contributed by atoms with van der Waals surface area (Å²) in [5.41, 5.74) is 1.43. The molecule has 0 saturated heterocycles. The molecule has 0 aliphatic heterocycles. The van der Waals surface area contributed by atoms with E-state index in [4.69, 9.17) is 4.52 Å². The molecule has 1 aromatic carbocycles. The van der Waals surface area contributed by atoms with E-state index in [9.17, 15) is 5.11 Å². The van der Waals surface area contributed by atoms with Crippen molar-refractivity contribution >= 4 is 15.9 Å². The molecule has 0 bridgehead atoms. The first-order valence-corrected chi connectivity index (χ1v) is 6.26. The van der Waals surface area contributed by atoms with Crippen molar-refractivity contribution in [2.24, 2.45) is 0 Å². The maximum atomic E-state index is 9.64. The van der Waals surface area contributed by atoms with Crippen molar-refractivity contribution < 1.29 is 9.63 Å². The van der Waals surface area contributed by atoms with Gasteiger partial charge in [0.1, 0.15) is 5.75 Å². The summed E-state index contributed by atoms with van der Waals surface area (Å²) in [4.78, 5) is 8.28. The zero-order valence-electron chi connectivity index (χ0n) is 9.62. The molecule has 0 atom stereocenters. The summed E-state index contributed by atoms with van der Waals surface area (Å²) in [5, 5.41) is 13.5. The molecule has 6 heteroatoms. The van der Waals surface area contributed by atoms with Crippen LogP contribution in [0.5, 0.6) is 5.75 Å². The van der Waals surface area contributed by atoms with E-state index in [-0.39, 0.29) is 5.75 Å². The van der Waals surface area contributed by atoms with Gasteiger partial charge in [-0.3, -0.25) is 4.98 Å². The highest BCUT2D eigenvalue weighted by Crippen LogP contribution is 2.29. The first-order valence-electron chi connectivity index (χ1n) is 5.47. The summed E-state index contributed by atoms with van der Waals surface area (Å²) in [6.45, 7) is 0. The van der Waals surface area contributed by atoms with Gasteiger partial charge in [-0.25, -0.2) is 0 Å². The molecule has 0 fully saturated rings. The molecule has 0 saturated carbocycles. The molecule has 1 N–H and O–H groups in total. The van der Waals surface area contributed by atoms with E-state index in [0.29, 0.717) is 21.8 Å². The van der Waals surface area contributed by atoms with Gasteiger partial charge in [-0.05, 0) is 46.3 Å². The fourth-order valence-electron chi connectivity index (χ4n) is 1.60. The Hall–Kier alpha value is -2.21. The van der Waals surface area contributed by atoms with Gasteiger partial charge >= 0.3 is 0 Å². The number of hydrogen-bond donors (Lipinski definition) is 1. The molecule has 2 heterocycles. The van der Waals surface area contributed by atoms with Crippen molar-refractivity contribution in [3.05, 3.63) is 47.2 Å². The van der Waals surface area contributed by atoms with Crippen LogP contribution in [-0.4, -0.2) is 20.2 Å². The van der Waals surface area contributed by atoms with Crippen molar-refractivity contribution in [3.8, 4) is 28.6 Å². The van der Waals surface area contributed by atoms with Gasteiger partial charge in [0, 0.05) is 23.5 Å². The predicted molar refractivity (Wildman–Crippen MR) is 72.3 cm³/mol. The fraction of sp³-hybridized carbons (Fsp3) is 0. The van der Waals surface area contributed by atoms with Crippen molar-refractivity contribution in [2.45, 2.75) is 0 Å². The fourth-order valence-corrected chi connectivity index (χ4v) is 1.85. The van der Waals surface area contributed by atoms with E-state index < -0.39 is 0 Å². The predicted octanol–water partition coefficient (Wildman–Crippen LogP) is 3.27. The Bertz CT molecular complexity index is 713. The van der Waals surface area contributed by atoms with Gasteiger partial charge in [0.25, 0.3) is 5.89 Å². The second-order valence-corrected chi connectivity index (χ2v) is 4.69. The number of nitrogens with zero attached hydrogens (tertiary/aromatic N) is 3. The summed E-state index contributed by atoms with van der Waals surface area (Å²) in [6.07, 6.45) is 3.34. The average molecular weight is 318 g/mol. The maximum Gasteiger partial charge on any atom is 0.258 e. The van der Waals surface area contributed by atoms with Crippen LogP contribution in [0.3, 0.4) is 0 Å². The van der Waals surface area contributed by atoms with Crippen LogP contribution in [0.1, 0.15) is 0 Å². The molecule has 2 aromatic heterocycles. The lowest BCUT2D eigenvalue weighted by atomic mass is 10.2. The van der Waals surface area contributed by atoms with Crippen molar-refractivity contribution in [3.63, 3.8) is 0 Å². The average Bonchev–Trinajstić information content (AvgIpc) is 2.93. The standard InChI is InChI=1S/C13H8BrN3O2/c14-10-4-3-8(6-11(10)18)13-16-12(17-19-13)9-2-1-5-15-7-9/h1-7,18H. The van der Waals surface area contributed by atoms with Crippen LogP contribution in [-0.2, 0) is 0 Å². The lowest BCUT2D eigenvalue weighted by molar-refractivity contribution is 0.431. The second kappa shape index (κ2) is 4.81. The highest BCUT2D eigenvalue weighted by Gasteiger charge is 2.11. The lowest BCUT2D eigenvalue weighted by Crippen LogP contribution is -1.82. The molecule has 0 amide bonds. The van der Waals surface area contributed by atoms with E-state index >= 15 is 0 Å². The molecule has 3 aromatic rings. The van der Waals surface area contributed by atoms with E-state index in [1.807, 2.05) is 6.07 Å². The number of rotatable bonds is 2. The number of aromatic hydroxyl groups is 1. The van der Waals surface area contributed by atoms with Crippen LogP contribution in [0.15, 0.2) is 51.7 Å². The zero-order valence-corrected chi connectivity index (χ0v) is 11.2. The van der Waals surface area contributed by atoms with Gasteiger partial charge < -0.3 is 9.63 Å². The lowest BCUT2D eigenvalue weighted by Gasteiger charge is -1.98. The number of hydrogen-bond acceptors (Lipinski definition) is 5. The summed E-state index contributed by atoms with van der Waals surface area (Å²) < 4.78 is 5.80. The van der Waals surface area contributed by atoms with Gasteiger partial charge in [-0.2, -0.15) is 4.98 Å². The number of halogens is 1. The van der Waals surface area contributed by atoms with Crippen molar-refractivity contribution in [2.75, 3.05) is 0 Å². The van der Waals surface area contributed by atoms with Crippen LogP contribution in [0.25, 0.3) is 22.8 Å². The van der Waals surface area contributed by atoms with E-state index in [1.165, 1.54) is 0 Å². The topological polar surface area (TPSA) is 72.0 Å². The summed E-state index contributed by atoms with van der Waals surface area (Å²) >= 11 is 3.22. The third kappa shape index (κ3) is 2.34. The number of pyridine rings is 1. The first kappa shape index (κ1) is 11.9. The summed E-state index contributed by atoms with van der Waals surface area (Å²) in [6, 6.07) is 8.71. The van der Waals surface area contributed by atoms with Crippen LogP contribution < -0.4 is 0 Å². The van der Waals surface area contributed by atoms with Gasteiger partial charge in [0.05, 0.1) is 4.47 Å². The minimum atomic E-state index is 0.124. The molecule has 0 unspecified atom stereocenters. The molecule has 5 nitrogen and oxygen atoms in total. The van der Waals surface area contributed by atoms with Gasteiger partial charge in [-0.15, -0.1) is 0 Å². The summed E-state index contributed by atoms with van der Waals surface area (Å²) in [7, 11) is 0. The Balaban J connectivity index is 1.99. The number of phenols is 1. The molecule has 94 valence electrons. The largest absolute Gasteiger partial charge is 0.507 e. The molecular weight excluding hydrogens is 310 g/mol. The minimum Gasteiger partial charge on any atom is -0.507 e. The Morgan fingerprint density at radius 2 is 2.05 bits per heavy atom. The smallest absolute Gasteiger partial charge is 0.258 e. The number of benzene rings is 1. The molecule has 0 radical (unpaired) electrons. The highest BCUT2D eigenvalue weighted by atomic mass is 79.9. The number of phenolic OH excluding ortho intramolecular Hbond substituents is 1. The van der Waals surface area contributed by atoms with Gasteiger partial charge in [0.15, 0.2) is 0 Å². The van der Waals surface area contributed by atoms with E-state index in [0.717, 1.165) is 5.56 Å². The molecule has 19 heavy (non-hydrogen) atoms. The zero-order chi connectivity index (χ0) is 13.2. The van der Waals surface area contributed by atoms with Crippen LogP contribution in [0, 0.1) is 0 Å². The van der Waals surface area contributed by atoms with E-state index in [1.54, 1.807) is 36.7 Å². The SMILES string of the molecule is Oc1cc(-c2nc(-c3cccnc3)no2)ccc1Br. The quantitative estimate of drug-likeness (QED) is 0.785. The Morgan fingerprint density at radius 3 is 2.79 bits per heavy atom. The van der Waals surface area contributed by atoms with Gasteiger partial charge in [-0.1, -0.05) is 5.16 Å². The minimum absolute atomic E-state index is 0.124. The number of aromatic nitrogens is 3. The van der Waals surface area contributed by atoms with Gasteiger partial charge in [0.2, 0.25) is 5.82 Å².